The molecule has 0 saturated carbocycles. The van der Waals surface area contributed by atoms with Crippen molar-refractivity contribution >= 4 is 0 Å². The summed E-state index contributed by atoms with van der Waals surface area (Å²) in [7, 11) is 2.18. The molecule has 0 saturated heterocycles. The molecule has 0 bridgehead atoms. The smallest absolute Gasteiger partial charge is 0.0473 e. The van der Waals surface area contributed by atoms with Gasteiger partial charge in [0.1, 0.15) is 0 Å². The SMILES string of the molecule is CCCNCC(c1ccccc1)N(C)Cc1cccnc1. The quantitative estimate of drug-likeness (QED) is 0.754. The first-order chi connectivity index (χ1) is 10.3. The summed E-state index contributed by atoms with van der Waals surface area (Å²) in [5.41, 5.74) is 2.60. The number of pyridine rings is 1. The number of benzene rings is 1. The lowest BCUT2D eigenvalue weighted by Crippen LogP contribution is -2.33. The zero-order valence-corrected chi connectivity index (χ0v) is 13.0. The summed E-state index contributed by atoms with van der Waals surface area (Å²) >= 11 is 0. The lowest BCUT2D eigenvalue weighted by atomic mass is 10.0. The molecule has 3 heteroatoms. The van der Waals surface area contributed by atoms with Crippen LogP contribution < -0.4 is 5.32 Å². The van der Waals surface area contributed by atoms with Gasteiger partial charge in [-0.05, 0) is 37.2 Å². The summed E-state index contributed by atoms with van der Waals surface area (Å²) in [5.74, 6) is 0. The Morgan fingerprint density at radius 2 is 1.95 bits per heavy atom. The molecule has 1 N–H and O–H groups in total. The van der Waals surface area contributed by atoms with Gasteiger partial charge in [0.05, 0.1) is 0 Å². The van der Waals surface area contributed by atoms with Crippen molar-refractivity contribution in [2.24, 2.45) is 0 Å². The number of rotatable bonds is 8. The first kappa shape index (κ1) is 15.7. The van der Waals surface area contributed by atoms with E-state index in [9.17, 15) is 0 Å². The van der Waals surface area contributed by atoms with E-state index in [1.54, 1.807) is 0 Å². The van der Waals surface area contributed by atoms with Crippen molar-refractivity contribution in [2.45, 2.75) is 25.9 Å². The molecule has 0 aliphatic rings. The monoisotopic (exact) mass is 283 g/mol. The molecule has 2 rings (SSSR count). The highest BCUT2D eigenvalue weighted by atomic mass is 15.1. The van der Waals surface area contributed by atoms with E-state index >= 15 is 0 Å². The van der Waals surface area contributed by atoms with Crippen LogP contribution in [0.15, 0.2) is 54.9 Å². The Labute approximate surface area is 128 Å². The minimum Gasteiger partial charge on any atom is -0.315 e. The molecule has 0 aliphatic heterocycles. The van der Waals surface area contributed by atoms with Gasteiger partial charge in [-0.15, -0.1) is 0 Å². The summed E-state index contributed by atoms with van der Waals surface area (Å²) in [6, 6.07) is 15.2. The van der Waals surface area contributed by atoms with Crippen LogP contribution >= 0.6 is 0 Å². The molecule has 2 aromatic rings. The van der Waals surface area contributed by atoms with Crippen LogP contribution in [0.4, 0.5) is 0 Å². The Morgan fingerprint density at radius 1 is 1.14 bits per heavy atom. The van der Waals surface area contributed by atoms with E-state index in [1.807, 2.05) is 18.5 Å². The molecule has 0 amide bonds. The highest BCUT2D eigenvalue weighted by Gasteiger charge is 2.16. The first-order valence-corrected chi connectivity index (χ1v) is 7.66. The summed E-state index contributed by atoms with van der Waals surface area (Å²) in [6.45, 7) is 5.13. The minimum absolute atomic E-state index is 0.373. The van der Waals surface area contributed by atoms with E-state index in [1.165, 1.54) is 11.1 Å². The van der Waals surface area contributed by atoms with Gasteiger partial charge < -0.3 is 5.32 Å². The van der Waals surface area contributed by atoms with Gasteiger partial charge in [0.15, 0.2) is 0 Å². The maximum absolute atomic E-state index is 4.20. The molecular formula is C18H25N3. The normalized spacial score (nSPS) is 12.5. The molecule has 0 spiro atoms. The summed E-state index contributed by atoms with van der Waals surface area (Å²) in [4.78, 5) is 6.59. The van der Waals surface area contributed by atoms with E-state index in [0.29, 0.717) is 6.04 Å². The maximum atomic E-state index is 4.20. The van der Waals surface area contributed by atoms with Gasteiger partial charge in [-0.3, -0.25) is 9.88 Å². The van der Waals surface area contributed by atoms with Crippen molar-refractivity contribution < 1.29 is 0 Å². The van der Waals surface area contributed by atoms with Crippen LogP contribution in [0.5, 0.6) is 0 Å². The summed E-state index contributed by atoms with van der Waals surface area (Å²) in [6.07, 6.45) is 4.92. The number of nitrogens with one attached hydrogen (secondary N) is 1. The number of aromatic nitrogens is 1. The van der Waals surface area contributed by atoms with Gasteiger partial charge in [0.25, 0.3) is 0 Å². The molecule has 21 heavy (non-hydrogen) atoms. The third kappa shape index (κ3) is 4.96. The fourth-order valence-electron chi connectivity index (χ4n) is 2.51. The van der Waals surface area contributed by atoms with Crippen molar-refractivity contribution in [3.8, 4) is 0 Å². The fourth-order valence-corrected chi connectivity index (χ4v) is 2.51. The Bertz CT molecular complexity index is 498. The molecule has 3 nitrogen and oxygen atoms in total. The van der Waals surface area contributed by atoms with Gasteiger partial charge >= 0.3 is 0 Å². The molecule has 0 radical (unpaired) electrons. The zero-order chi connectivity index (χ0) is 14.9. The standard InChI is InChI=1S/C18H25N3/c1-3-11-19-14-18(17-9-5-4-6-10-17)21(2)15-16-8-7-12-20-13-16/h4-10,12-13,18-19H,3,11,14-15H2,1-2H3. The molecular weight excluding hydrogens is 258 g/mol. The average molecular weight is 283 g/mol. The van der Waals surface area contributed by atoms with Crippen LogP contribution in [0, 0.1) is 0 Å². The van der Waals surface area contributed by atoms with Gasteiger partial charge in [-0.1, -0.05) is 43.3 Å². The third-order valence-corrected chi connectivity index (χ3v) is 3.64. The highest BCUT2D eigenvalue weighted by molar-refractivity contribution is 5.20. The van der Waals surface area contributed by atoms with Crippen molar-refractivity contribution in [1.82, 2.24) is 15.2 Å². The van der Waals surface area contributed by atoms with Crippen LogP contribution in [0.3, 0.4) is 0 Å². The van der Waals surface area contributed by atoms with Crippen LogP contribution in [-0.4, -0.2) is 30.0 Å². The van der Waals surface area contributed by atoms with Crippen LogP contribution in [-0.2, 0) is 6.54 Å². The summed E-state index contributed by atoms with van der Waals surface area (Å²) < 4.78 is 0. The zero-order valence-electron chi connectivity index (χ0n) is 13.0. The largest absolute Gasteiger partial charge is 0.315 e. The second-order valence-corrected chi connectivity index (χ2v) is 5.41. The molecule has 0 aliphatic carbocycles. The molecule has 112 valence electrons. The first-order valence-electron chi connectivity index (χ1n) is 7.66. The molecule has 1 unspecified atom stereocenters. The van der Waals surface area contributed by atoms with Crippen molar-refractivity contribution in [1.29, 1.82) is 0 Å². The number of hydrogen-bond donors (Lipinski definition) is 1. The summed E-state index contributed by atoms with van der Waals surface area (Å²) in [5, 5.41) is 3.54. The Hall–Kier alpha value is -1.71. The molecule has 0 fully saturated rings. The number of likely N-dealkylation sites (N-methyl/N-ethyl adjacent to an activating group) is 1. The fraction of sp³-hybridized carbons (Fsp3) is 0.389. The maximum Gasteiger partial charge on any atom is 0.0473 e. The highest BCUT2D eigenvalue weighted by Crippen LogP contribution is 2.20. The topological polar surface area (TPSA) is 28.2 Å². The lowest BCUT2D eigenvalue weighted by Gasteiger charge is -2.29. The van der Waals surface area contributed by atoms with E-state index in [2.05, 4.69) is 65.6 Å². The van der Waals surface area contributed by atoms with Gasteiger partial charge in [0.2, 0.25) is 0 Å². The van der Waals surface area contributed by atoms with Crippen molar-refractivity contribution in [3.05, 3.63) is 66.0 Å². The predicted octanol–water partition coefficient (Wildman–Crippen LogP) is 3.25. The van der Waals surface area contributed by atoms with E-state index in [4.69, 9.17) is 0 Å². The number of nitrogens with zero attached hydrogens (tertiary/aromatic N) is 2. The van der Waals surface area contributed by atoms with Crippen LogP contribution in [0.25, 0.3) is 0 Å². The predicted molar refractivity (Wildman–Crippen MR) is 88.0 cm³/mol. The second-order valence-electron chi connectivity index (χ2n) is 5.41. The van der Waals surface area contributed by atoms with Crippen LogP contribution in [0.2, 0.25) is 0 Å². The average Bonchev–Trinajstić information content (AvgIpc) is 2.53. The van der Waals surface area contributed by atoms with Gasteiger partial charge in [0, 0.05) is 31.5 Å². The van der Waals surface area contributed by atoms with E-state index in [0.717, 1.165) is 26.1 Å². The van der Waals surface area contributed by atoms with E-state index in [-0.39, 0.29) is 0 Å². The molecule has 1 atom stereocenters. The van der Waals surface area contributed by atoms with Crippen LogP contribution in [0.1, 0.15) is 30.5 Å². The van der Waals surface area contributed by atoms with Gasteiger partial charge in [-0.25, -0.2) is 0 Å². The Morgan fingerprint density at radius 3 is 2.62 bits per heavy atom. The molecule has 1 aromatic carbocycles. The molecule has 1 aromatic heterocycles. The molecule has 1 heterocycles. The van der Waals surface area contributed by atoms with E-state index < -0.39 is 0 Å². The minimum atomic E-state index is 0.373. The third-order valence-electron chi connectivity index (χ3n) is 3.64. The lowest BCUT2D eigenvalue weighted by molar-refractivity contribution is 0.230. The number of hydrogen-bond acceptors (Lipinski definition) is 3. The second kappa shape index (κ2) is 8.55. The Balaban J connectivity index is 2.07. The van der Waals surface area contributed by atoms with Gasteiger partial charge in [-0.2, -0.15) is 0 Å². The van der Waals surface area contributed by atoms with Crippen molar-refractivity contribution in [2.75, 3.05) is 20.1 Å². The Kier molecular flexibility index (Phi) is 6.38. The van der Waals surface area contributed by atoms with Crippen molar-refractivity contribution in [3.63, 3.8) is 0 Å².